The van der Waals surface area contributed by atoms with Crippen molar-refractivity contribution in [2.45, 2.75) is 0 Å². The van der Waals surface area contributed by atoms with Crippen molar-refractivity contribution in [1.29, 1.82) is 0 Å². The van der Waals surface area contributed by atoms with Crippen molar-refractivity contribution in [3.63, 3.8) is 0 Å². The Hall–Kier alpha value is -0.680. The van der Waals surface area contributed by atoms with Crippen molar-refractivity contribution in [1.82, 2.24) is 0 Å². The smallest absolute Gasteiger partial charge is 0.329 e. The molecule has 13 heavy (non-hydrogen) atoms. The number of hydrogen-bond acceptors (Lipinski definition) is 6. The molecule has 0 unspecified atom stereocenters. The summed E-state index contributed by atoms with van der Waals surface area (Å²) >= 11 is 0. The Morgan fingerprint density at radius 3 is 1.77 bits per heavy atom. The van der Waals surface area contributed by atoms with E-state index >= 15 is 0 Å². The first kappa shape index (κ1) is 14.8. The third kappa shape index (κ3) is 11.3. The van der Waals surface area contributed by atoms with Crippen LogP contribution >= 0.6 is 7.82 Å². The molecule has 7 heteroatoms. The van der Waals surface area contributed by atoms with E-state index in [-0.39, 0.29) is 0 Å². The molecule has 0 saturated heterocycles. The van der Waals surface area contributed by atoms with E-state index in [2.05, 4.69) is 20.4 Å². The summed E-state index contributed by atoms with van der Waals surface area (Å²) in [6.45, 7) is 3.16. The molecule has 0 atom stereocenters. The van der Waals surface area contributed by atoms with Crippen LogP contribution in [0.4, 0.5) is 0 Å². The fraction of sp³-hybridized carbons (Fsp3) is 0.500. The van der Waals surface area contributed by atoms with Gasteiger partial charge in [-0.25, -0.2) is 4.79 Å². The van der Waals surface area contributed by atoms with Gasteiger partial charge in [0.1, 0.15) is 0 Å². The molecule has 0 aromatic heterocycles. The molecule has 0 aromatic rings. The summed E-state index contributed by atoms with van der Waals surface area (Å²) in [5.41, 5.74) is 0. The van der Waals surface area contributed by atoms with Crippen molar-refractivity contribution >= 4 is 13.8 Å². The minimum Gasteiger partial charge on any atom is -0.756 e. The van der Waals surface area contributed by atoms with Gasteiger partial charge in [-0.1, -0.05) is 6.58 Å². The van der Waals surface area contributed by atoms with Crippen LogP contribution in [-0.4, -0.2) is 27.3 Å². The number of hydrogen-bond donors (Lipinski definition) is 0. The summed E-state index contributed by atoms with van der Waals surface area (Å²) in [5, 5.41) is 0. The van der Waals surface area contributed by atoms with E-state index in [1.807, 2.05) is 0 Å². The van der Waals surface area contributed by atoms with Crippen LogP contribution in [-0.2, 0) is 23.1 Å². The average Bonchev–Trinajstić information content (AvgIpc) is 2.17. The zero-order valence-corrected chi connectivity index (χ0v) is 8.58. The Balaban J connectivity index is 0. The number of phosphoric ester groups is 1. The Morgan fingerprint density at radius 1 is 1.38 bits per heavy atom. The number of methoxy groups -OCH3 is 1. The molecule has 0 spiro atoms. The fourth-order valence-electron chi connectivity index (χ4n) is 0.158. The van der Waals surface area contributed by atoms with Gasteiger partial charge in [-0.15, -0.1) is 0 Å². The molecule has 0 radical (unpaired) electrons. The van der Waals surface area contributed by atoms with Gasteiger partial charge in [-0.05, 0) is 0 Å². The molecule has 0 rings (SSSR count). The number of carbonyl (C=O) groups excluding carboxylic acids is 1. The molecule has 0 fully saturated rings. The van der Waals surface area contributed by atoms with Crippen LogP contribution in [0, 0.1) is 0 Å². The number of phosphoric acid groups is 1. The Labute approximate surface area is 76.7 Å². The molecular formula is C6H12O6P-. The van der Waals surface area contributed by atoms with Gasteiger partial charge in [0.25, 0.3) is 7.82 Å². The maximum absolute atomic E-state index is 9.95. The standard InChI is InChI=1S/C4H6O2.C2H7O4P/c1-3-4(5)6-2;1-5-7(3,4)6-2/h3H,1H2,2H3;1-2H3,(H,3,4)/p-1. The number of rotatable bonds is 3. The van der Waals surface area contributed by atoms with Crippen LogP contribution in [0.3, 0.4) is 0 Å². The fourth-order valence-corrected chi connectivity index (χ4v) is 0.307. The molecule has 0 saturated carbocycles. The van der Waals surface area contributed by atoms with Crippen molar-refractivity contribution in [3.05, 3.63) is 12.7 Å². The van der Waals surface area contributed by atoms with Gasteiger partial charge >= 0.3 is 5.97 Å². The summed E-state index contributed by atoms with van der Waals surface area (Å²) < 4.78 is 21.8. The highest BCUT2D eigenvalue weighted by Crippen LogP contribution is 2.34. The van der Waals surface area contributed by atoms with Crippen molar-refractivity contribution < 1.29 is 28.0 Å². The predicted octanol–water partition coefficient (Wildman–Crippen LogP) is 0.0930. The second-order valence-corrected chi connectivity index (χ2v) is 3.16. The Morgan fingerprint density at radius 2 is 1.77 bits per heavy atom. The van der Waals surface area contributed by atoms with Crippen molar-refractivity contribution in [2.75, 3.05) is 21.3 Å². The summed E-state index contributed by atoms with van der Waals surface area (Å²) in [5.74, 6) is -0.394. The first-order chi connectivity index (χ1) is 5.93. The van der Waals surface area contributed by atoms with Gasteiger partial charge in [-0.3, -0.25) is 4.57 Å². The largest absolute Gasteiger partial charge is 0.756 e. The van der Waals surface area contributed by atoms with Crippen molar-refractivity contribution in [3.8, 4) is 0 Å². The summed E-state index contributed by atoms with van der Waals surface area (Å²) in [6, 6.07) is 0. The molecule has 0 aliphatic carbocycles. The minimum absolute atomic E-state index is 0.394. The highest BCUT2D eigenvalue weighted by atomic mass is 31.2. The maximum atomic E-state index is 9.95. The van der Waals surface area contributed by atoms with E-state index in [1.165, 1.54) is 7.11 Å². The first-order valence-corrected chi connectivity index (χ1v) is 4.52. The quantitative estimate of drug-likeness (QED) is 0.373. The predicted molar refractivity (Wildman–Crippen MR) is 43.8 cm³/mol. The average molecular weight is 211 g/mol. The SMILES string of the molecule is C=CC(=O)OC.COP(=O)([O-])OC. The normalized spacial score (nSPS) is 9.54. The van der Waals surface area contributed by atoms with Crippen LogP contribution in [0.25, 0.3) is 0 Å². The molecule has 0 N–H and O–H groups in total. The van der Waals surface area contributed by atoms with Gasteiger partial charge in [0.2, 0.25) is 0 Å². The molecule has 78 valence electrons. The Kier molecular flexibility index (Phi) is 9.06. The minimum atomic E-state index is -3.90. The van der Waals surface area contributed by atoms with Crippen LogP contribution in [0.1, 0.15) is 0 Å². The summed E-state index contributed by atoms with van der Waals surface area (Å²) in [4.78, 5) is 19.8. The van der Waals surface area contributed by atoms with E-state index in [0.29, 0.717) is 0 Å². The Bertz CT molecular complexity index is 193. The van der Waals surface area contributed by atoms with Gasteiger partial charge in [-0.2, -0.15) is 0 Å². The van der Waals surface area contributed by atoms with E-state index in [4.69, 9.17) is 0 Å². The number of ether oxygens (including phenoxy) is 1. The molecule has 0 aliphatic heterocycles. The van der Waals surface area contributed by atoms with Crippen LogP contribution in [0.15, 0.2) is 12.7 Å². The van der Waals surface area contributed by atoms with Gasteiger partial charge in [0.15, 0.2) is 0 Å². The van der Waals surface area contributed by atoms with Gasteiger partial charge in [0, 0.05) is 20.3 Å². The molecule has 0 aromatic carbocycles. The van der Waals surface area contributed by atoms with Crippen LogP contribution in [0.2, 0.25) is 0 Å². The van der Waals surface area contributed by atoms with Gasteiger partial charge < -0.3 is 18.7 Å². The first-order valence-electron chi connectivity index (χ1n) is 3.06. The lowest BCUT2D eigenvalue weighted by atomic mass is 10.7. The molecule has 0 aliphatic rings. The summed E-state index contributed by atoms with van der Waals surface area (Å²) in [7, 11) is -0.517. The van der Waals surface area contributed by atoms with Crippen molar-refractivity contribution in [2.24, 2.45) is 0 Å². The highest BCUT2D eigenvalue weighted by Gasteiger charge is 1.98. The molecule has 0 amide bonds. The van der Waals surface area contributed by atoms with E-state index in [9.17, 15) is 14.3 Å². The zero-order chi connectivity index (χ0) is 10.9. The molecular weight excluding hydrogens is 199 g/mol. The van der Waals surface area contributed by atoms with Crippen LogP contribution < -0.4 is 4.89 Å². The van der Waals surface area contributed by atoms with E-state index < -0.39 is 13.8 Å². The lowest BCUT2D eigenvalue weighted by molar-refractivity contribution is -0.220. The third-order valence-corrected chi connectivity index (χ3v) is 1.71. The molecule has 0 heterocycles. The van der Waals surface area contributed by atoms with E-state index in [1.54, 1.807) is 0 Å². The molecule has 0 bridgehead atoms. The number of carbonyl (C=O) groups is 1. The summed E-state index contributed by atoms with van der Waals surface area (Å²) in [6.07, 6.45) is 1.11. The lowest BCUT2D eigenvalue weighted by Crippen LogP contribution is -2.02. The maximum Gasteiger partial charge on any atom is 0.329 e. The highest BCUT2D eigenvalue weighted by molar-refractivity contribution is 7.45. The topological polar surface area (TPSA) is 84.9 Å². The number of esters is 1. The second kappa shape index (κ2) is 7.94. The molecule has 6 nitrogen and oxygen atoms in total. The van der Waals surface area contributed by atoms with Gasteiger partial charge in [0.05, 0.1) is 7.11 Å². The monoisotopic (exact) mass is 211 g/mol. The lowest BCUT2D eigenvalue weighted by Gasteiger charge is -2.16. The zero-order valence-electron chi connectivity index (χ0n) is 7.68. The third-order valence-electron chi connectivity index (χ3n) is 0.815. The van der Waals surface area contributed by atoms with Crippen LogP contribution in [0.5, 0.6) is 0 Å². The second-order valence-electron chi connectivity index (χ2n) is 1.54. The van der Waals surface area contributed by atoms with E-state index in [0.717, 1.165) is 20.3 Å².